The summed E-state index contributed by atoms with van der Waals surface area (Å²) in [5.41, 5.74) is 7.98. The van der Waals surface area contributed by atoms with E-state index in [1.165, 1.54) is 51.8 Å². The van der Waals surface area contributed by atoms with Crippen LogP contribution in [0.3, 0.4) is 0 Å². The molecule has 1 radical (unpaired) electrons. The maximum Gasteiger partial charge on any atom is 0 e. The molecule has 40 heavy (non-hydrogen) atoms. The van der Waals surface area contributed by atoms with Gasteiger partial charge in [-0.25, -0.2) is 0 Å². The second-order valence-electron chi connectivity index (χ2n) is 11.1. The number of hydrogen-bond donors (Lipinski definition) is 1. The van der Waals surface area contributed by atoms with Crippen LogP contribution < -0.4 is 4.40 Å². The van der Waals surface area contributed by atoms with E-state index in [4.69, 9.17) is 15.1 Å². The van der Waals surface area contributed by atoms with Crippen molar-refractivity contribution < 1.29 is 30.0 Å². The number of aromatic nitrogens is 2. The molecule has 0 unspecified atom stereocenters. The van der Waals surface area contributed by atoms with E-state index in [1.807, 2.05) is 12.4 Å². The smallest absolute Gasteiger partial charge is 0 e. The summed E-state index contributed by atoms with van der Waals surface area (Å²) in [6.45, 7) is 7.06. The molecule has 2 heterocycles. The molecule has 0 aliphatic rings. The SMILES string of the molecule is CC(=O)/C=C(/C)O.Cc1[c-]c(-c2nccc3c2cnc2[c]([Ge]([CH3])([CH3])[CH3])cc(-c4ccccc4)cc23)cc(C)c1.[Ir]. The number of allylic oxidation sites excluding steroid dienone is 2. The van der Waals surface area contributed by atoms with E-state index in [0.717, 1.165) is 27.7 Å². The van der Waals surface area contributed by atoms with E-state index in [9.17, 15) is 4.79 Å². The Bertz CT molecular complexity index is 1680. The van der Waals surface area contributed by atoms with E-state index < -0.39 is 13.3 Å². The van der Waals surface area contributed by atoms with Crippen LogP contribution in [-0.4, -0.2) is 34.1 Å². The number of carbonyl (C=O) groups excluding carboxylic acids is 1. The molecular weight excluding hydrogens is 733 g/mol. The predicted molar refractivity (Wildman–Crippen MR) is 166 cm³/mol. The number of hydrogen-bond acceptors (Lipinski definition) is 4. The molecule has 0 saturated carbocycles. The van der Waals surface area contributed by atoms with Crippen molar-refractivity contribution in [1.29, 1.82) is 0 Å². The van der Waals surface area contributed by atoms with Gasteiger partial charge in [-0.1, -0.05) is 0 Å². The molecular formula is C34H35GeIrN2O2-. The number of rotatable bonds is 4. The molecule has 0 fully saturated rings. The number of aliphatic hydroxyl groups is 1. The molecule has 1 N–H and O–H groups in total. The normalized spacial score (nSPS) is 11.5. The Morgan fingerprint density at radius 3 is 2.15 bits per heavy atom. The third kappa shape index (κ3) is 7.34. The van der Waals surface area contributed by atoms with E-state index in [1.54, 1.807) is 0 Å². The summed E-state index contributed by atoms with van der Waals surface area (Å²) in [7, 11) is 0. The predicted octanol–water partition coefficient (Wildman–Crippen LogP) is 8.11. The number of aryl methyl sites for hydroxylation is 2. The number of carbonyl (C=O) groups is 1. The summed E-state index contributed by atoms with van der Waals surface area (Å²) in [6, 6.07) is 25.3. The van der Waals surface area contributed by atoms with Crippen molar-refractivity contribution in [2.24, 2.45) is 0 Å². The summed E-state index contributed by atoms with van der Waals surface area (Å²) in [5, 5.41) is 11.9. The van der Waals surface area contributed by atoms with Gasteiger partial charge in [-0.2, -0.15) is 0 Å². The van der Waals surface area contributed by atoms with Crippen LogP contribution in [0.1, 0.15) is 25.0 Å². The Hall–Kier alpha value is -3.12. The molecule has 207 valence electrons. The molecule has 3 aromatic carbocycles. The Morgan fingerprint density at radius 1 is 0.875 bits per heavy atom. The van der Waals surface area contributed by atoms with Crippen molar-refractivity contribution in [1.82, 2.24) is 9.97 Å². The van der Waals surface area contributed by atoms with Crippen molar-refractivity contribution in [2.45, 2.75) is 45.0 Å². The summed E-state index contributed by atoms with van der Waals surface area (Å²) in [5.74, 6) is 7.26. The van der Waals surface area contributed by atoms with Crippen molar-refractivity contribution >= 4 is 45.1 Å². The summed E-state index contributed by atoms with van der Waals surface area (Å²) >= 11 is -2.19. The molecule has 2 aromatic heterocycles. The van der Waals surface area contributed by atoms with Crippen molar-refractivity contribution in [3.63, 3.8) is 0 Å². The monoisotopic (exact) mass is 770 g/mol. The van der Waals surface area contributed by atoms with Crippen LogP contribution >= 0.6 is 0 Å². The maximum atomic E-state index is 10.0. The second kappa shape index (κ2) is 13.0. The molecule has 0 saturated heterocycles. The van der Waals surface area contributed by atoms with Crippen LogP contribution in [0.25, 0.3) is 44.1 Å². The minimum Gasteiger partial charge on any atom is 0 e. The van der Waals surface area contributed by atoms with Gasteiger partial charge in [0.15, 0.2) is 5.78 Å². The molecule has 5 aromatic rings. The number of aliphatic hydroxyl groups excluding tert-OH is 1. The molecule has 0 atom stereocenters. The third-order valence-corrected chi connectivity index (χ3v) is 10.6. The van der Waals surface area contributed by atoms with Crippen LogP contribution in [-0.2, 0) is 24.9 Å². The molecule has 5 rings (SSSR count). The number of ketones is 1. The number of fused-ring (bicyclic) bond motifs is 3. The van der Waals surface area contributed by atoms with Gasteiger partial charge >= 0.3 is 193 Å². The van der Waals surface area contributed by atoms with Gasteiger partial charge in [0.2, 0.25) is 0 Å². The zero-order chi connectivity index (χ0) is 28.3. The van der Waals surface area contributed by atoms with E-state index >= 15 is 0 Å². The Balaban J connectivity index is 0.000000492. The van der Waals surface area contributed by atoms with Gasteiger partial charge in [0.25, 0.3) is 0 Å². The second-order valence-corrected chi connectivity index (χ2v) is 21.6. The first-order valence-corrected chi connectivity index (χ1v) is 20.4. The Kier molecular flexibility index (Phi) is 10.2. The zero-order valence-electron chi connectivity index (χ0n) is 24.1. The van der Waals surface area contributed by atoms with Crippen molar-refractivity contribution in [3.8, 4) is 22.4 Å². The van der Waals surface area contributed by atoms with Crippen LogP contribution in [0.4, 0.5) is 0 Å². The molecule has 0 bridgehead atoms. The minimum atomic E-state index is -2.19. The fourth-order valence-corrected chi connectivity index (χ4v) is 7.99. The van der Waals surface area contributed by atoms with Gasteiger partial charge in [-0.05, 0) is 13.8 Å². The first-order valence-electron chi connectivity index (χ1n) is 13.1. The van der Waals surface area contributed by atoms with Crippen molar-refractivity contribution in [2.75, 3.05) is 0 Å². The summed E-state index contributed by atoms with van der Waals surface area (Å²) in [4.78, 5) is 19.8. The summed E-state index contributed by atoms with van der Waals surface area (Å²) < 4.78 is 1.44. The molecule has 4 nitrogen and oxygen atoms in total. The van der Waals surface area contributed by atoms with Gasteiger partial charge in [-0.3, -0.25) is 4.79 Å². The van der Waals surface area contributed by atoms with Gasteiger partial charge in [0.1, 0.15) is 0 Å². The van der Waals surface area contributed by atoms with E-state index in [0.29, 0.717) is 0 Å². The topological polar surface area (TPSA) is 63.1 Å². The number of pyridine rings is 2. The maximum absolute atomic E-state index is 10.0. The zero-order valence-corrected chi connectivity index (χ0v) is 28.6. The van der Waals surface area contributed by atoms with Crippen LogP contribution in [0.5, 0.6) is 0 Å². The summed E-state index contributed by atoms with van der Waals surface area (Å²) in [6.07, 6.45) is 5.11. The molecule has 0 aliphatic heterocycles. The van der Waals surface area contributed by atoms with Gasteiger partial charge in [0.05, 0.1) is 5.76 Å². The number of nitrogens with zero attached hydrogens (tertiary/aromatic N) is 2. The molecule has 0 amide bonds. The van der Waals surface area contributed by atoms with Crippen LogP contribution in [0, 0.1) is 19.9 Å². The fourth-order valence-electron chi connectivity index (χ4n) is 4.85. The minimum absolute atomic E-state index is 0. The standard InChI is InChI=1S/C29H27GeN2.C5H8O2.Ir/c1-19-13-20(2)15-23(14-19)28-26-18-32-29-25(24(26)11-12-31-28)16-22(17-27(29)30(3,4)5)21-9-7-6-8-10-21;1-4(6)3-5(2)7;/h6-14,16-18H,1-5H3;3,6H,1-2H3;/q-1;;/b;4-3-;. The van der Waals surface area contributed by atoms with Gasteiger partial charge < -0.3 is 5.11 Å². The average Bonchev–Trinajstić information content (AvgIpc) is 2.86. The molecule has 0 spiro atoms. The largest absolute Gasteiger partial charge is 0 e. The quantitative estimate of drug-likeness (QED) is 0.0661. The van der Waals surface area contributed by atoms with E-state index in [-0.39, 0.29) is 31.6 Å². The van der Waals surface area contributed by atoms with Gasteiger partial charge in [-0.15, -0.1) is 0 Å². The first-order chi connectivity index (χ1) is 18.4. The average molecular weight is 768 g/mol. The fraction of sp³-hybridized carbons (Fsp3) is 0.206. The number of benzene rings is 3. The Labute approximate surface area is 253 Å². The van der Waals surface area contributed by atoms with Crippen LogP contribution in [0.2, 0.25) is 17.3 Å². The first kappa shape index (κ1) is 31.4. The molecule has 0 aliphatic carbocycles. The van der Waals surface area contributed by atoms with Gasteiger partial charge in [0, 0.05) is 26.2 Å². The van der Waals surface area contributed by atoms with E-state index in [2.05, 4.69) is 97.8 Å². The van der Waals surface area contributed by atoms with Crippen molar-refractivity contribution in [3.05, 3.63) is 102 Å². The molecule has 6 heteroatoms. The van der Waals surface area contributed by atoms with Crippen LogP contribution in [0.15, 0.2) is 84.9 Å². The Morgan fingerprint density at radius 2 is 1.57 bits per heavy atom. The third-order valence-electron chi connectivity index (χ3n) is 6.44.